The smallest absolute Gasteiger partial charge is 0.308 e. The normalized spacial score (nSPS) is 12.9. The molecule has 2 atom stereocenters. The molecule has 8 heteroatoms. The summed E-state index contributed by atoms with van der Waals surface area (Å²) in [6.07, 6.45) is 2.68. The summed E-state index contributed by atoms with van der Waals surface area (Å²) >= 11 is 0. The van der Waals surface area contributed by atoms with Crippen LogP contribution in [0.2, 0.25) is 0 Å². The van der Waals surface area contributed by atoms with E-state index in [1.165, 1.54) is 12.1 Å². The molecule has 1 aromatic heterocycles. The number of hydrogen-bond donors (Lipinski definition) is 2. The van der Waals surface area contributed by atoms with E-state index in [4.69, 9.17) is 14.2 Å². The van der Waals surface area contributed by atoms with E-state index in [0.29, 0.717) is 22.6 Å². The van der Waals surface area contributed by atoms with Gasteiger partial charge in [0.25, 0.3) is 0 Å². The van der Waals surface area contributed by atoms with E-state index in [-0.39, 0.29) is 37.8 Å². The largest absolute Gasteiger partial charge is 0.493 e. The minimum atomic E-state index is -1.06. The lowest BCUT2D eigenvalue weighted by Crippen LogP contribution is -2.20. The quantitative estimate of drug-likeness (QED) is 0.271. The van der Waals surface area contributed by atoms with Gasteiger partial charge in [-0.1, -0.05) is 44.2 Å². The molecule has 0 amide bonds. The van der Waals surface area contributed by atoms with Crippen LogP contribution in [0, 0.1) is 5.82 Å². The fourth-order valence-electron chi connectivity index (χ4n) is 4.22. The standard InChI is InChI=1S/C31H36FNO6/c1-5-38-29(36)17-25(35)16-24(34)13-14-26-27(20(2)3)18-28(37-4)31(39-19-23-8-6-7-15-33-23)30(26)21-9-11-22(32)12-10-21/h6-15,18,20,24-25,34-35H,5,16-17,19H2,1-4H3/b14-13+. The molecule has 0 aliphatic carbocycles. The summed E-state index contributed by atoms with van der Waals surface area (Å²) < 4.78 is 30.8. The van der Waals surface area contributed by atoms with E-state index in [2.05, 4.69) is 4.98 Å². The van der Waals surface area contributed by atoms with Crippen molar-refractivity contribution >= 4 is 12.0 Å². The molecule has 39 heavy (non-hydrogen) atoms. The Morgan fingerprint density at radius 3 is 2.49 bits per heavy atom. The van der Waals surface area contributed by atoms with E-state index < -0.39 is 18.2 Å². The third-order valence-electron chi connectivity index (χ3n) is 6.09. The second-order valence-electron chi connectivity index (χ2n) is 9.38. The van der Waals surface area contributed by atoms with Crippen LogP contribution in [0.25, 0.3) is 17.2 Å². The molecule has 0 spiro atoms. The van der Waals surface area contributed by atoms with E-state index in [0.717, 1.165) is 16.8 Å². The second-order valence-corrected chi connectivity index (χ2v) is 9.38. The lowest BCUT2D eigenvalue weighted by atomic mass is 9.88. The van der Waals surface area contributed by atoms with Crippen LogP contribution in [0.5, 0.6) is 11.5 Å². The number of benzene rings is 2. The zero-order chi connectivity index (χ0) is 28.4. The molecule has 0 aliphatic heterocycles. The summed E-state index contributed by atoms with van der Waals surface area (Å²) in [7, 11) is 1.56. The summed E-state index contributed by atoms with van der Waals surface area (Å²) in [5, 5.41) is 20.9. The van der Waals surface area contributed by atoms with E-state index in [1.54, 1.807) is 44.5 Å². The molecule has 0 saturated carbocycles. The van der Waals surface area contributed by atoms with Gasteiger partial charge in [0.1, 0.15) is 12.4 Å². The molecule has 0 saturated heterocycles. The number of esters is 1. The van der Waals surface area contributed by atoms with Crippen LogP contribution in [0.1, 0.15) is 56.4 Å². The number of carbonyl (C=O) groups excluding carboxylic acids is 1. The van der Waals surface area contributed by atoms with Crippen molar-refractivity contribution in [3.8, 4) is 22.6 Å². The minimum absolute atomic E-state index is 0.0442. The maximum absolute atomic E-state index is 13.9. The molecule has 0 radical (unpaired) electrons. The van der Waals surface area contributed by atoms with Crippen molar-refractivity contribution in [2.45, 2.75) is 58.3 Å². The van der Waals surface area contributed by atoms with Crippen LogP contribution < -0.4 is 9.47 Å². The molecule has 2 N–H and O–H groups in total. The number of hydrogen-bond acceptors (Lipinski definition) is 7. The summed E-state index contributed by atoms with van der Waals surface area (Å²) in [6.45, 7) is 6.16. The van der Waals surface area contributed by atoms with Gasteiger partial charge in [0.2, 0.25) is 0 Å². The third kappa shape index (κ3) is 8.37. The lowest BCUT2D eigenvalue weighted by molar-refractivity contribution is -0.145. The predicted molar refractivity (Wildman–Crippen MR) is 148 cm³/mol. The molecule has 7 nitrogen and oxygen atoms in total. The Hall–Kier alpha value is -3.75. The number of pyridine rings is 1. The van der Waals surface area contributed by atoms with E-state index in [1.807, 2.05) is 38.1 Å². The van der Waals surface area contributed by atoms with Crippen LogP contribution in [0.4, 0.5) is 4.39 Å². The number of methoxy groups -OCH3 is 1. The van der Waals surface area contributed by atoms with Gasteiger partial charge in [0.15, 0.2) is 11.5 Å². The molecule has 0 bridgehead atoms. The Morgan fingerprint density at radius 2 is 1.87 bits per heavy atom. The summed E-state index contributed by atoms with van der Waals surface area (Å²) in [5.41, 5.74) is 3.77. The zero-order valence-corrected chi connectivity index (χ0v) is 22.8. The zero-order valence-electron chi connectivity index (χ0n) is 22.8. The Labute approximate surface area is 228 Å². The number of carbonyl (C=O) groups is 1. The molecule has 2 aromatic carbocycles. The summed E-state index contributed by atoms with van der Waals surface area (Å²) in [6, 6.07) is 13.5. The highest BCUT2D eigenvalue weighted by Gasteiger charge is 2.23. The van der Waals surface area contributed by atoms with Crippen molar-refractivity contribution in [2.24, 2.45) is 0 Å². The van der Waals surface area contributed by atoms with E-state index >= 15 is 0 Å². The van der Waals surface area contributed by atoms with Crippen LogP contribution in [0.3, 0.4) is 0 Å². The molecule has 208 valence electrons. The number of nitrogens with zero attached hydrogens (tertiary/aromatic N) is 1. The molecule has 2 unspecified atom stereocenters. The maximum Gasteiger partial charge on any atom is 0.308 e. The third-order valence-corrected chi connectivity index (χ3v) is 6.09. The molecule has 1 heterocycles. The van der Waals surface area contributed by atoms with Crippen molar-refractivity contribution in [2.75, 3.05) is 13.7 Å². The van der Waals surface area contributed by atoms with Gasteiger partial charge >= 0.3 is 5.97 Å². The predicted octanol–water partition coefficient (Wildman–Crippen LogP) is 5.68. The first-order valence-electron chi connectivity index (χ1n) is 13.0. The number of ether oxygens (including phenoxy) is 3. The van der Waals surface area contributed by atoms with Gasteiger partial charge in [0, 0.05) is 18.2 Å². The lowest BCUT2D eigenvalue weighted by Gasteiger charge is -2.23. The van der Waals surface area contributed by atoms with Crippen LogP contribution in [-0.4, -0.2) is 47.1 Å². The Kier molecular flexibility index (Phi) is 11.0. The summed E-state index contributed by atoms with van der Waals surface area (Å²) in [4.78, 5) is 16.0. The molecular weight excluding hydrogens is 501 g/mol. The second kappa shape index (κ2) is 14.4. The van der Waals surface area contributed by atoms with Crippen molar-refractivity contribution < 1.29 is 33.6 Å². The van der Waals surface area contributed by atoms with Crippen molar-refractivity contribution in [3.63, 3.8) is 0 Å². The van der Waals surface area contributed by atoms with Gasteiger partial charge in [-0.3, -0.25) is 9.78 Å². The molecule has 3 aromatic rings. The Balaban J connectivity index is 2.06. The van der Waals surface area contributed by atoms with Gasteiger partial charge in [0.05, 0.1) is 38.0 Å². The molecule has 3 rings (SSSR count). The number of halogens is 1. The van der Waals surface area contributed by atoms with Crippen molar-refractivity contribution in [1.82, 2.24) is 4.98 Å². The fraction of sp³-hybridized carbons (Fsp3) is 0.355. The SMILES string of the molecule is CCOC(=O)CC(O)CC(O)/C=C/c1c(C(C)C)cc(OC)c(OCc2ccccn2)c1-c1ccc(F)cc1. The topological polar surface area (TPSA) is 98.1 Å². The fourth-order valence-corrected chi connectivity index (χ4v) is 4.22. The Morgan fingerprint density at radius 1 is 1.13 bits per heavy atom. The number of aliphatic hydroxyl groups excluding tert-OH is 2. The van der Waals surface area contributed by atoms with Crippen LogP contribution >= 0.6 is 0 Å². The molecule has 0 fully saturated rings. The van der Waals surface area contributed by atoms with E-state index in [9.17, 15) is 19.4 Å². The number of aromatic nitrogens is 1. The highest BCUT2D eigenvalue weighted by atomic mass is 19.1. The first-order valence-corrected chi connectivity index (χ1v) is 13.0. The number of aliphatic hydroxyl groups is 2. The van der Waals surface area contributed by atoms with Gasteiger partial charge in [-0.05, 0) is 59.9 Å². The van der Waals surface area contributed by atoms with Crippen molar-refractivity contribution in [3.05, 3.63) is 83.4 Å². The maximum atomic E-state index is 13.9. The summed E-state index contributed by atoms with van der Waals surface area (Å²) in [5.74, 6) is 0.137. The van der Waals surface area contributed by atoms with Crippen molar-refractivity contribution in [1.29, 1.82) is 0 Å². The average Bonchev–Trinajstić information content (AvgIpc) is 2.91. The van der Waals surface area contributed by atoms with Gasteiger partial charge in [-0.25, -0.2) is 4.39 Å². The monoisotopic (exact) mass is 537 g/mol. The van der Waals surface area contributed by atoms with Gasteiger partial charge < -0.3 is 24.4 Å². The van der Waals surface area contributed by atoms with Gasteiger partial charge in [-0.15, -0.1) is 0 Å². The first-order chi connectivity index (χ1) is 18.7. The molecule has 0 aliphatic rings. The van der Waals surface area contributed by atoms with Crippen LogP contribution in [0.15, 0.2) is 60.8 Å². The highest BCUT2D eigenvalue weighted by molar-refractivity contribution is 5.85. The van der Waals surface area contributed by atoms with Gasteiger partial charge in [-0.2, -0.15) is 0 Å². The minimum Gasteiger partial charge on any atom is -0.493 e. The highest BCUT2D eigenvalue weighted by Crippen LogP contribution is 2.45. The van der Waals surface area contributed by atoms with Crippen LogP contribution in [-0.2, 0) is 16.1 Å². The molecular formula is C31H36FNO6. The first kappa shape index (κ1) is 29.8. The number of rotatable bonds is 13. The average molecular weight is 538 g/mol. The Bertz CT molecular complexity index is 1240.